The highest BCUT2D eigenvalue weighted by molar-refractivity contribution is 9.10. The number of amides is 4. The van der Waals surface area contributed by atoms with Crippen molar-refractivity contribution in [2.75, 3.05) is 28.2 Å². The molecule has 0 radical (unpaired) electrons. The van der Waals surface area contributed by atoms with E-state index in [2.05, 4.69) is 21.0 Å². The monoisotopic (exact) mass is 1110 g/mol. The van der Waals surface area contributed by atoms with Crippen LogP contribution in [0.4, 0.5) is 0 Å². The number of cyclic esters (lactones) is 4. The van der Waals surface area contributed by atoms with E-state index < -0.39 is 96.1 Å². The first-order valence-electron chi connectivity index (χ1n) is 25.9. The van der Waals surface area contributed by atoms with Gasteiger partial charge in [0.15, 0.2) is 24.4 Å². The van der Waals surface area contributed by atoms with Gasteiger partial charge >= 0.3 is 23.9 Å². The largest absolute Gasteiger partial charge is 0.451 e. The third-order valence-electron chi connectivity index (χ3n) is 13.1. The van der Waals surface area contributed by atoms with Gasteiger partial charge in [-0.25, -0.2) is 19.2 Å². The first-order valence-corrected chi connectivity index (χ1v) is 26.7. The lowest BCUT2D eigenvalue weighted by Crippen LogP contribution is -2.55. The molecule has 0 unspecified atom stereocenters. The molecule has 75 heavy (non-hydrogen) atoms. The fourth-order valence-corrected chi connectivity index (χ4v) is 9.24. The Labute approximate surface area is 451 Å². The molecular weight excluding hydrogens is 1030 g/mol. The number of nitrogens with zero attached hydrogens (tertiary/aromatic N) is 6. The summed E-state index contributed by atoms with van der Waals surface area (Å²) in [7, 11) is 5.56. The zero-order valence-electron chi connectivity index (χ0n) is 46.2. The number of likely N-dealkylation sites (N-methyl/N-ethyl adjacent to an activating group) is 4. The summed E-state index contributed by atoms with van der Waals surface area (Å²) in [5.74, 6) is -7.30. The van der Waals surface area contributed by atoms with E-state index in [4.69, 9.17) is 18.9 Å². The number of hydrogen-bond donors (Lipinski definition) is 0. The number of hydrogen-bond acceptors (Lipinski definition) is 13. The van der Waals surface area contributed by atoms with E-state index in [0.29, 0.717) is 22.3 Å². The molecule has 2 heterocycles. The van der Waals surface area contributed by atoms with Crippen LogP contribution in [0.15, 0.2) is 71.5 Å². The molecule has 0 spiro atoms. The maximum atomic E-state index is 14.9. The smallest absolute Gasteiger partial charge is 0.329 e. The summed E-state index contributed by atoms with van der Waals surface area (Å²) in [6, 6.07) is 12.9. The number of halogens is 1. The minimum atomic E-state index is -1.53. The molecule has 2 aromatic carbocycles. The maximum Gasteiger partial charge on any atom is 0.329 e. The van der Waals surface area contributed by atoms with E-state index in [9.17, 15) is 38.4 Å². The Morgan fingerprint density at radius 2 is 0.773 bits per heavy atom. The first-order chi connectivity index (χ1) is 35.2. The second kappa shape index (κ2) is 28.1. The van der Waals surface area contributed by atoms with Gasteiger partial charge in [-0.2, -0.15) is 5.10 Å². The standard InChI is InChI=1S/C56H79BrN6O12/c1-33(2)26-42-53(68)72-38(10)50(65)60(12)45(29-36(7)8)56(71)75-47(31-40-20-22-41(23-21-40)32-63-25-24-48(57)58-63)52(67)62(14)43(27-34(3)4)54(69)73-37(9)49(64)59(11)44(28-35(5)6)55(70)74-46(51(66)61(42)13)30-39-18-16-15-17-19-39/h15-25,33-38,42-47H,26-32H2,1-14H3/t37-,38-,42+,43+,44+,45+,46-,47-/m1/s1. The molecule has 0 N–H and O–H groups in total. The third-order valence-corrected chi connectivity index (χ3v) is 13.6. The van der Waals surface area contributed by atoms with Crippen molar-refractivity contribution in [3.63, 3.8) is 0 Å². The van der Waals surface area contributed by atoms with Crippen molar-refractivity contribution < 1.29 is 57.3 Å². The van der Waals surface area contributed by atoms with Crippen LogP contribution in [0.3, 0.4) is 0 Å². The number of esters is 4. The average Bonchev–Trinajstić information content (AvgIpc) is 3.77. The molecule has 1 aromatic heterocycles. The van der Waals surface area contributed by atoms with Crippen LogP contribution in [-0.4, -0.2) is 154 Å². The Hall–Kier alpha value is -6.11. The quantitative estimate of drug-likeness (QED) is 0.122. The topological polar surface area (TPSA) is 204 Å². The van der Waals surface area contributed by atoms with Crippen molar-refractivity contribution in [3.8, 4) is 0 Å². The van der Waals surface area contributed by atoms with Gasteiger partial charge in [0, 0.05) is 47.2 Å². The van der Waals surface area contributed by atoms with Crippen LogP contribution in [0.1, 0.15) is 112 Å². The van der Waals surface area contributed by atoms with Crippen molar-refractivity contribution in [1.82, 2.24) is 29.4 Å². The van der Waals surface area contributed by atoms with Gasteiger partial charge in [0.2, 0.25) is 0 Å². The van der Waals surface area contributed by atoms with Crippen molar-refractivity contribution in [2.24, 2.45) is 23.7 Å². The number of carbonyl (C=O) groups excluding carboxylic acids is 8. The first kappa shape index (κ1) is 61.4. The van der Waals surface area contributed by atoms with Gasteiger partial charge < -0.3 is 38.5 Å². The molecule has 0 saturated carbocycles. The van der Waals surface area contributed by atoms with Crippen LogP contribution in [0.25, 0.3) is 0 Å². The van der Waals surface area contributed by atoms with E-state index >= 15 is 0 Å². The van der Waals surface area contributed by atoms with E-state index in [1.165, 1.54) is 42.0 Å². The van der Waals surface area contributed by atoms with Crippen LogP contribution in [0, 0.1) is 23.7 Å². The molecule has 4 rings (SSSR count). The van der Waals surface area contributed by atoms with Crippen molar-refractivity contribution in [1.29, 1.82) is 0 Å². The highest BCUT2D eigenvalue weighted by Gasteiger charge is 2.43. The minimum Gasteiger partial charge on any atom is -0.451 e. The number of ether oxygens (including phenoxy) is 4. The zero-order valence-corrected chi connectivity index (χ0v) is 47.8. The maximum absolute atomic E-state index is 14.9. The lowest BCUT2D eigenvalue weighted by molar-refractivity contribution is -0.176. The lowest BCUT2D eigenvalue weighted by Gasteiger charge is -2.35. The lowest BCUT2D eigenvalue weighted by atomic mass is 9.99. The normalized spacial score (nSPS) is 24.0. The Morgan fingerprint density at radius 3 is 1.11 bits per heavy atom. The summed E-state index contributed by atoms with van der Waals surface area (Å²) in [5, 5.41) is 4.38. The molecule has 0 bridgehead atoms. The van der Waals surface area contributed by atoms with Gasteiger partial charge in [-0.3, -0.25) is 23.9 Å². The van der Waals surface area contributed by atoms with E-state index in [1.807, 2.05) is 79.8 Å². The molecule has 0 aliphatic carbocycles. The molecular formula is C56H79BrN6O12. The van der Waals surface area contributed by atoms with Crippen LogP contribution in [-0.2, 0) is 76.7 Å². The SMILES string of the molecule is CC(C)C[C@H]1C(=O)O[C@H](Cc2ccc(Cn3ccc(Br)n3)cc2)C(=O)N(C)[C@@H](CC(C)C)C(=O)O[C@H](C)C(=O)N(C)[C@@H](CC(C)C)C(=O)O[C@H](Cc2ccccc2)C(=O)N(C)[C@@H](CC(C)C)C(=O)O[C@H](C)C(=O)N1C. The van der Waals surface area contributed by atoms with Gasteiger partial charge in [-0.15, -0.1) is 0 Å². The molecule has 1 aliphatic heterocycles. The number of rotatable bonds is 14. The van der Waals surface area contributed by atoms with Gasteiger partial charge in [0.25, 0.3) is 23.6 Å². The molecule has 1 saturated heterocycles. The van der Waals surface area contributed by atoms with Gasteiger partial charge in [-0.05, 0) is 102 Å². The molecule has 8 atom stereocenters. The van der Waals surface area contributed by atoms with Crippen molar-refractivity contribution >= 4 is 63.4 Å². The van der Waals surface area contributed by atoms with Crippen LogP contribution >= 0.6 is 15.9 Å². The van der Waals surface area contributed by atoms with Crippen LogP contribution in [0.5, 0.6) is 0 Å². The predicted octanol–water partition coefficient (Wildman–Crippen LogP) is 6.67. The van der Waals surface area contributed by atoms with Gasteiger partial charge in [-0.1, -0.05) is 110 Å². The van der Waals surface area contributed by atoms with Crippen LogP contribution in [0.2, 0.25) is 0 Å². The van der Waals surface area contributed by atoms with E-state index in [1.54, 1.807) is 47.1 Å². The second-order valence-electron chi connectivity index (χ2n) is 21.4. The van der Waals surface area contributed by atoms with Crippen molar-refractivity contribution in [2.45, 2.75) is 163 Å². The van der Waals surface area contributed by atoms with Crippen LogP contribution < -0.4 is 0 Å². The summed E-state index contributed by atoms with van der Waals surface area (Å²) in [4.78, 5) is 121. The summed E-state index contributed by atoms with van der Waals surface area (Å²) in [6.45, 7) is 18.0. The Kier molecular flexibility index (Phi) is 23.1. The highest BCUT2D eigenvalue weighted by atomic mass is 79.9. The fourth-order valence-electron chi connectivity index (χ4n) is 8.92. The average molecular weight is 1110 g/mol. The second-order valence-corrected chi connectivity index (χ2v) is 22.2. The predicted molar refractivity (Wildman–Crippen MR) is 284 cm³/mol. The molecule has 412 valence electrons. The van der Waals surface area contributed by atoms with Crippen molar-refractivity contribution in [3.05, 3.63) is 88.2 Å². The molecule has 4 amide bonds. The minimum absolute atomic E-state index is 0.0891. The van der Waals surface area contributed by atoms with E-state index in [-0.39, 0.29) is 62.2 Å². The molecule has 3 aromatic rings. The Morgan fingerprint density at radius 1 is 0.453 bits per heavy atom. The third kappa shape index (κ3) is 17.7. The summed E-state index contributed by atoms with van der Waals surface area (Å²) >= 11 is 3.37. The Balaban J connectivity index is 1.85. The van der Waals surface area contributed by atoms with E-state index in [0.717, 1.165) is 25.2 Å². The number of benzene rings is 2. The Bertz CT molecular complexity index is 2410. The van der Waals surface area contributed by atoms with Gasteiger partial charge in [0.1, 0.15) is 28.8 Å². The highest BCUT2D eigenvalue weighted by Crippen LogP contribution is 2.24. The summed E-state index contributed by atoms with van der Waals surface area (Å²) in [5.41, 5.74) is 2.16. The molecule has 19 heteroatoms. The molecule has 18 nitrogen and oxygen atoms in total. The summed E-state index contributed by atoms with van der Waals surface area (Å²) in [6.07, 6.45) is -3.96. The number of aromatic nitrogens is 2. The van der Waals surface area contributed by atoms with Gasteiger partial charge in [0.05, 0.1) is 6.54 Å². The summed E-state index contributed by atoms with van der Waals surface area (Å²) < 4.78 is 26.4. The molecule has 1 aliphatic rings. The molecule has 1 fully saturated rings. The zero-order chi connectivity index (χ0) is 56.0. The fraction of sp³-hybridized carbons (Fsp3) is 0.589. The number of carbonyl (C=O) groups is 8.